The van der Waals surface area contributed by atoms with Crippen LogP contribution in [0.25, 0.3) is 0 Å². The van der Waals surface area contributed by atoms with Crippen molar-refractivity contribution in [3.63, 3.8) is 0 Å². The summed E-state index contributed by atoms with van der Waals surface area (Å²) < 4.78 is 13.6. The second kappa shape index (κ2) is 8.83. The monoisotopic (exact) mass is 375 g/mol. The molecular formula is C21H30FN3O2. The lowest BCUT2D eigenvalue weighted by Crippen LogP contribution is -2.46. The van der Waals surface area contributed by atoms with Gasteiger partial charge in [0.15, 0.2) is 0 Å². The van der Waals surface area contributed by atoms with Crippen molar-refractivity contribution in [2.24, 2.45) is 17.6 Å². The molecule has 1 aliphatic carbocycles. The van der Waals surface area contributed by atoms with Gasteiger partial charge >= 0.3 is 0 Å². The van der Waals surface area contributed by atoms with Gasteiger partial charge in [0, 0.05) is 37.5 Å². The maximum atomic E-state index is 13.6. The van der Waals surface area contributed by atoms with E-state index in [1.54, 1.807) is 13.0 Å². The summed E-state index contributed by atoms with van der Waals surface area (Å²) in [5.74, 6) is -0.0913. The number of benzene rings is 1. The molecule has 2 unspecified atom stereocenters. The average Bonchev–Trinajstić information content (AvgIpc) is 2.68. The number of carbonyl (C=O) groups excluding carboxylic acids is 2. The number of nitrogens with two attached hydrogens (primary N) is 1. The van der Waals surface area contributed by atoms with Gasteiger partial charge in [0.25, 0.3) is 0 Å². The number of nitrogens with zero attached hydrogens (tertiary/aromatic N) is 1. The molecule has 1 heterocycles. The molecule has 1 aromatic rings. The summed E-state index contributed by atoms with van der Waals surface area (Å²) in [6, 6.07) is 5.15. The number of likely N-dealkylation sites (tertiary alicyclic amines) is 1. The van der Waals surface area contributed by atoms with Gasteiger partial charge in [-0.15, -0.1) is 0 Å². The van der Waals surface area contributed by atoms with Crippen molar-refractivity contribution >= 4 is 11.8 Å². The summed E-state index contributed by atoms with van der Waals surface area (Å²) in [5, 5.41) is 2.90. The van der Waals surface area contributed by atoms with Crippen LogP contribution in [0.4, 0.5) is 4.39 Å². The zero-order valence-electron chi connectivity index (χ0n) is 16.0. The third-order valence-electron chi connectivity index (χ3n) is 5.94. The Labute approximate surface area is 160 Å². The number of hydrogen-bond acceptors (Lipinski definition) is 3. The van der Waals surface area contributed by atoms with Crippen LogP contribution in [-0.4, -0.2) is 35.8 Å². The van der Waals surface area contributed by atoms with E-state index in [1.807, 2.05) is 11.0 Å². The van der Waals surface area contributed by atoms with Crippen molar-refractivity contribution in [2.75, 3.05) is 13.1 Å². The number of hydrogen-bond donors (Lipinski definition) is 2. The standard InChI is InChI=1S/C21H30FN3O2/c1-14-5-6-15(11-19(14)22)13-24-20(26)16-7-9-25(10-8-16)21(27)17-3-2-4-18(23)12-17/h5-6,11,16-18H,2-4,7-10,12-13,23H2,1H3,(H,24,26). The Morgan fingerprint density at radius 2 is 1.93 bits per heavy atom. The Kier molecular flexibility index (Phi) is 6.47. The van der Waals surface area contributed by atoms with Crippen LogP contribution < -0.4 is 11.1 Å². The fraction of sp³-hybridized carbons (Fsp3) is 0.619. The van der Waals surface area contributed by atoms with Crippen molar-refractivity contribution in [3.8, 4) is 0 Å². The molecule has 3 N–H and O–H groups in total. The number of amides is 2. The Balaban J connectivity index is 1.44. The van der Waals surface area contributed by atoms with Crippen LogP contribution in [0.5, 0.6) is 0 Å². The summed E-state index contributed by atoms with van der Waals surface area (Å²) in [6.45, 7) is 3.30. The van der Waals surface area contributed by atoms with Gasteiger partial charge in [-0.3, -0.25) is 9.59 Å². The minimum atomic E-state index is -0.254. The van der Waals surface area contributed by atoms with Gasteiger partial charge < -0.3 is 16.0 Å². The van der Waals surface area contributed by atoms with Gasteiger partial charge in [-0.2, -0.15) is 0 Å². The molecule has 27 heavy (non-hydrogen) atoms. The van der Waals surface area contributed by atoms with E-state index in [-0.39, 0.29) is 35.5 Å². The van der Waals surface area contributed by atoms with Crippen LogP contribution in [0, 0.1) is 24.6 Å². The van der Waals surface area contributed by atoms with E-state index < -0.39 is 0 Å². The predicted octanol–water partition coefficient (Wildman–Crippen LogP) is 2.51. The van der Waals surface area contributed by atoms with Crippen LogP contribution in [-0.2, 0) is 16.1 Å². The first-order valence-electron chi connectivity index (χ1n) is 10.0. The maximum absolute atomic E-state index is 13.6. The Morgan fingerprint density at radius 1 is 1.19 bits per heavy atom. The normalized spacial score (nSPS) is 23.9. The quantitative estimate of drug-likeness (QED) is 0.849. The largest absolute Gasteiger partial charge is 0.352 e. The molecule has 2 atom stereocenters. The smallest absolute Gasteiger partial charge is 0.225 e. The van der Waals surface area contributed by atoms with Gasteiger partial charge in [-0.25, -0.2) is 4.39 Å². The van der Waals surface area contributed by atoms with Gasteiger partial charge in [0.2, 0.25) is 11.8 Å². The van der Waals surface area contributed by atoms with Crippen molar-refractivity contribution in [1.29, 1.82) is 0 Å². The molecule has 1 saturated carbocycles. The zero-order valence-corrected chi connectivity index (χ0v) is 16.0. The highest BCUT2D eigenvalue weighted by Gasteiger charge is 2.32. The summed E-state index contributed by atoms with van der Waals surface area (Å²) in [5.41, 5.74) is 7.36. The molecule has 148 valence electrons. The molecule has 3 rings (SSSR count). The number of nitrogens with one attached hydrogen (secondary N) is 1. The van der Waals surface area contributed by atoms with Crippen molar-refractivity contribution in [3.05, 3.63) is 35.1 Å². The van der Waals surface area contributed by atoms with Crippen LogP contribution >= 0.6 is 0 Å². The number of piperidine rings is 1. The number of halogens is 1. The van der Waals surface area contributed by atoms with Crippen LogP contribution in [0.3, 0.4) is 0 Å². The molecule has 0 spiro atoms. The molecule has 1 aromatic carbocycles. The maximum Gasteiger partial charge on any atom is 0.225 e. The van der Waals surface area contributed by atoms with E-state index in [2.05, 4.69) is 5.32 Å². The first kappa shape index (κ1) is 19.8. The lowest BCUT2D eigenvalue weighted by Gasteiger charge is -2.35. The van der Waals surface area contributed by atoms with Gasteiger partial charge in [-0.05, 0) is 56.2 Å². The van der Waals surface area contributed by atoms with E-state index in [9.17, 15) is 14.0 Å². The molecule has 2 amide bonds. The Hall–Kier alpha value is -1.95. The molecule has 2 aliphatic rings. The highest BCUT2D eigenvalue weighted by Crippen LogP contribution is 2.27. The summed E-state index contributed by atoms with van der Waals surface area (Å²) in [7, 11) is 0. The molecule has 6 heteroatoms. The van der Waals surface area contributed by atoms with Crippen LogP contribution in [0.1, 0.15) is 49.7 Å². The van der Waals surface area contributed by atoms with Crippen LogP contribution in [0.2, 0.25) is 0 Å². The van der Waals surface area contributed by atoms with E-state index in [0.29, 0.717) is 38.0 Å². The molecule has 1 aliphatic heterocycles. The predicted molar refractivity (Wildman–Crippen MR) is 102 cm³/mol. The lowest BCUT2D eigenvalue weighted by atomic mass is 9.84. The van der Waals surface area contributed by atoms with E-state index >= 15 is 0 Å². The summed E-state index contributed by atoms with van der Waals surface area (Å²) >= 11 is 0. The van der Waals surface area contributed by atoms with E-state index in [4.69, 9.17) is 5.73 Å². The fourth-order valence-electron chi connectivity index (χ4n) is 4.15. The van der Waals surface area contributed by atoms with Crippen molar-refractivity contribution < 1.29 is 14.0 Å². The highest BCUT2D eigenvalue weighted by atomic mass is 19.1. The second-order valence-corrected chi connectivity index (χ2v) is 8.02. The van der Waals surface area contributed by atoms with Crippen molar-refractivity contribution in [1.82, 2.24) is 10.2 Å². The molecule has 0 bridgehead atoms. The average molecular weight is 375 g/mol. The van der Waals surface area contributed by atoms with Gasteiger partial charge in [0.05, 0.1) is 0 Å². The summed E-state index contributed by atoms with van der Waals surface area (Å²) in [4.78, 5) is 27.0. The Bertz CT molecular complexity index is 686. The number of aryl methyl sites for hydroxylation is 1. The Morgan fingerprint density at radius 3 is 2.59 bits per heavy atom. The van der Waals surface area contributed by atoms with Crippen LogP contribution in [0.15, 0.2) is 18.2 Å². The first-order valence-corrected chi connectivity index (χ1v) is 10.0. The summed E-state index contributed by atoms with van der Waals surface area (Å²) in [6.07, 6.45) is 5.11. The SMILES string of the molecule is Cc1ccc(CNC(=O)C2CCN(C(=O)C3CCCC(N)C3)CC2)cc1F. The van der Waals surface area contributed by atoms with Crippen molar-refractivity contribution in [2.45, 2.75) is 58.0 Å². The second-order valence-electron chi connectivity index (χ2n) is 8.02. The third-order valence-corrected chi connectivity index (χ3v) is 5.94. The number of rotatable bonds is 4. The molecule has 5 nitrogen and oxygen atoms in total. The number of carbonyl (C=O) groups is 2. The van der Waals surface area contributed by atoms with Gasteiger partial charge in [-0.1, -0.05) is 18.6 Å². The van der Waals surface area contributed by atoms with E-state index in [1.165, 1.54) is 6.07 Å². The van der Waals surface area contributed by atoms with E-state index in [0.717, 1.165) is 31.2 Å². The molecule has 2 fully saturated rings. The lowest BCUT2D eigenvalue weighted by molar-refractivity contribution is -0.140. The zero-order chi connectivity index (χ0) is 19.4. The first-order chi connectivity index (χ1) is 12.9. The highest BCUT2D eigenvalue weighted by molar-refractivity contribution is 5.81. The third kappa shape index (κ3) is 5.06. The molecule has 1 saturated heterocycles. The minimum Gasteiger partial charge on any atom is -0.352 e. The molecule has 0 aromatic heterocycles. The topological polar surface area (TPSA) is 75.4 Å². The molecule has 0 radical (unpaired) electrons. The molecular weight excluding hydrogens is 345 g/mol. The fourth-order valence-corrected chi connectivity index (χ4v) is 4.15. The van der Waals surface area contributed by atoms with Gasteiger partial charge in [0.1, 0.15) is 5.82 Å². The minimum absolute atomic E-state index is 0.0113.